The summed E-state index contributed by atoms with van der Waals surface area (Å²) < 4.78 is 0. The van der Waals surface area contributed by atoms with Crippen LogP contribution in [0.5, 0.6) is 0 Å². The first-order valence-electron chi connectivity index (χ1n) is 6.06. The molecule has 1 aliphatic rings. The Kier molecular flexibility index (Phi) is 5.77. The summed E-state index contributed by atoms with van der Waals surface area (Å²) in [4.78, 5) is 43.8. The number of imide groups is 1. The van der Waals surface area contributed by atoms with Crippen molar-refractivity contribution in [3.63, 3.8) is 0 Å². The molecule has 8 nitrogen and oxygen atoms in total. The van der Waals surface area contributed by atoms with Gasteiger partial charge in [-0.2, -0.15) is 0 Å². The molecular formula is C11H17N3O5. The number of rotatable bonds is 6. The summed E-state index contributed by atoms with van der Waals surface area (Å²) in [6.45, 7) is 0.360. The summed E-state index contributed by atoms with van der Waals surface area (Å²) in [6, 6.07) is -0.933. The van der Waals surface area contributed by atoms with Crippen LogP contribution < -0.4 is 16.0 Å². The van der Waals surface area contributed by atoms with Crippen molar-refractivity contribution in [2.75, 3.05) is 6.54 Å². The number of hydrogen-bond donors (Lipinski definition) is 4. The van der Waals surface area contributed by atoms with Gasteiger partial charge < -0.3 is 15.7 Å². The molecule has 0 aliphatic carbocycles. The summed E-state index contributed by atoms with van der Waals surface area (Å²) in [6.07, 6.45) is 1.12. The zero-order valence-corrected chi connectivity index (χ0v) is 10.4. The van der Waals surface area contributed by atoms with E-state index >= 15 is 0 Å². The molecule has 0 radical (unpaired) electrons. The average Bonchev–Trinajstić information content (AvgIpc) is 2.69. The van der Waals surface area contributed by atoms with E-state index in [1.54, 1.807) is 0 Å². The Bertz CT molecular complexity index is 383. The predicted molar refractivity (Wildman–Crippen MR) is 64.2 cm³/mol. The predicted octanol–water partition coefficient (Wildman–Crippen LogP) is -0.654. The lowest BCUT2D eigenvalue weighted by Gasteiger charge is -2.10. The first-order chi connectivity index (χ1) is 8.97. The van der Waals surface area contributed by atoms with E-state index in [0.717, 1.165) is 0 Å². The first-order valence-corrected chi connectivity index (χ1v) is 6.06. The molecule has 0 spiro atoms. The number of carbonyl (C=O) groups is 4. The van der Waals surface area contributed by atoms with E-state index in [0.29, 0.717) is 19.4 Å². The zero-order chi connectivity index (χ0) is 14.3. The molecule has 1 unspecified atom stereocenters. The van der Waals surface area contributed by atoms with Crippen molar-refractivity contribution in [3.8, 4) is 0 Å². The van der Waals surface area contributed by atoms with Gasteiger partial charge in [0.2, 0.25) is 11.8 Å². The van der Waals surface area contributed by atoms with Crippen LogP contribution in [0.15, 0.2) is 0 Å². The van der Waals surface area contributed by atoms with E-state index in [-0.39, 0.29) is 31.2 Å². The second-order valence-corrected chi connectivity index (χ2v) is 4.33. The molecule has 1 fully saturated rings. The summed E-state index contributed by atoms with van der Waals surface area (Å²) in [7, 11) is 0. The Morgan fingerprint density at radius 1 is 1.26 bits per heavy atom. The quantitative estimate of drug-likeness (QED) is 0.478. The molecule has 1 aliphatic heterocycles. The molecular weight excluding hydrogens is 254 g/mol. The lowest BCUT2D eigenvalue weighted by atomic mass is 10.2. The normalized spacial score (nSPS) is 17.7. The van der Waals surface area contributed by atoms with Crippen LogP contribution in [0.4, 0.5) is 4.79 Å². The van der Waals surface area contributed by atoms with Gasteiger partial charge in [-0.1, -0.05) is 0 Å². The summed E-state index contributed by atoms with van der Waals surface area (Å²) in [5.41, 5.74) is 0. The first kappa shape index (κ1) is 14.9. The highest BCUT2D eigenvalue weighted by molar-refractivity contribution is 5.94. The van der Waals surface area contributed by atoms with E-state index in [4.69, 9.17) is 5.11 Å². The molecule has 1 rings (SSSR count). The summed E-state index contributed by atoms with van der Waals surface area (Å²) >= 11 is 0. The van der Waals surface area contributed by atoms with Crippen molar-refractivity contribution in [3.05, 3.63) is 0 Å². The molecule has 0 bridgehead atoms. The van der Waals surface area contributed by atoms with E-state index < -0.39 is 17.9 Å². The number of nitrogens with one attached hydrogen (secondary N) is 3. The topological polar surface area (TPSA) is 125 Å². The standard InChI is InChI=1S/C11H17N3O5/c15-8(3-1-2-4-10(17)18)14-11(19)13-7-5-9(16)12-6-7/h7H,1-6H2,(H,12,16)(H,17,18)(H2,13,14,15,19). The molecule has 4 amide bonds. The van der Waals surface area contributed by atoms with Gasteiger partial charge in [0.15, 0.2) is 0 Å². The number of carboxylic acids is 1. The Hall–Kier alpha value is -2.12. The summed E-state index contributed by atoms with van der Waals surface area (Å²) in [5.74, 6) is -1.50. The van der Waals surface area contributed by atoms with E-state index in [1.807, 2.05) is 0 Å². The third-order valence-corrected chi connectivity index (χ3v) is 2.61. The van der Waals surface area contributed by atoms with Crippen molar-refractivity contribution < 1.29 is 24.3 Å². The molecule has 1 heterocycles. The number of carbonyl (C=O) groups excluding carboxylic acids is 3. The van der Waals surface area contributed by atoms with Gasteiger partial charge in [0.1, 0.15) is 0 Å². The van der Waals surface area contributed by atoms with Gasteiger partial charge in [-0.25, -0.2) is 4.79 Å². The molecule has 19 heavy (non-hydrogen) atoms. The van der Waals surface area contributed by atoms with Gasteiger partial charge in [-0.3, -0.25) is 19.7 Å². The molecule has 4 N–H and O–H groups in total. The Balaban J connectivity index is 2.12. The number of amides is 4. The van der Waals surface area contributed by atoms with Crippen LogP contribution in [-0.2, 0) is 14.4 Å². The van der Waals surface area contributed by atoms with Crippen molar-refractivity contribution in [1.82, 2.24) is 16.0 Å². The van der Waals surface area contributed by atoms with Crippen LogP contribution in [0.2, 0.25) is 0 Å². The van der Waals surface area contributed by atoms with Crippen LogP contribution >= 0.6 is 0 Å². The number of urea groups is 1. The van der Waals surface area contributed by atoms with Crippen molar-refractivity contribution in [2.45, 2.75) is 38.1 Å². The molecule has 0 aromatic heterocycles. The highest BCUT2D eigenvalue weighted by Crippen LogP contribution is 2.00. The fraction of sp³-hybridized carbons (Fsp3) is 0.636. The Morgan fingerprint density at radius 2 is 1.95 bits per heavy atom. The minimum Gasteiger partial charge on any atom is -0.481 e. The van der Waals surface area contributed by atoms with Gasteiger partial charge in [0.05, 0.1) is 6.04 Å². The molecule has 1 atom stereocenters. The maximum absolute atomic E-state index is 11.4. The van der Waals surface area contributed by atoms with Crippen LogP contribution in [0, 0.1) is 0 Å². The number of unbranched alkanes of at least 4 members (excludes halogenated alkanes) is 1. The van der Waals surface area contributed by atoms with Crippen molar-refractivity contribution >= 4 is 23.8 Å². The highest BCUT2D eigenvalue weighted by atomic mass is 16.4. The molecule has 8 heteroatoms. The van der Waals surface area contributed by atoms with Gasteiger partial charge in [0, 0.05) is 25.8 Å². The number of hydrogen-bond acceptors (Lipinski definition) is 4. The molecule has 0 saturated carbocycles. The largest absolute Gasteiger partial charge is 0.481 e. The average molecular weight is 271 g/mol. The fourth-order valence-corrected chi connectivity index (χ4v) is 1.68. The van der Waals surface area contributed by atoms with Crippen LogP contribution in [-0.4, -0.2) is 41.5 Å². The smallest absolute Gasteiger partial charge is 0.321 e. The van der Waals surface area contributed by atoms with Crippen LogP contribution in [0.3, 0.4) is 0 Å². The zero-order valence-electron chi connectivity index (χ0n) is 10.4. The minimum atomic E-state index is -0.906. The fourth-order valence-electron chi connectivity index (χ4n) is 1.68. The SMILES string of the molecule is O=C(O)CCCCC(=O)NC(=O)NC1CNC(=O)C1. The Morgan fingerprint density at radius 3 is 2.53 bits per heavy atom. The van der Waals surface area contributed by atoms with E-state index in [9.17, 15) is 19.2 Å². The molecule has 1 saturated heterocycles. The molecule has 106 valence electrons. The van der Waals surface area contributed by atoms with E-state index in [2.05, 4.69) is 16.0 Å². The maximum Gasteiger partial charge on any atom is 0.321 e. The second-order valence-electron chi connectivity index (χ2n) is 4.33. The van der Waals surface area contributed by atoms with E-state index in [1.165, 1.54) is 0 Å². The summed E-state index contributed by atoms with van der Waals surface area (Å²) in [5, 5.41) is 15.6. The van der Waals surface area contributed by atoms with Gasteiger partial charge in [0.25, 0.3) is 0 Å². The number of carboxylic acid groups (broad SMARTS) is 1. The molecule has 0 aromatic rings. The Labute approximate surface area is 109 Å². The third-order valence-electron chi connectivity index (χ3n) is 2.61. The second kappa shape index (κ2) is 7.34. The minimum absolute atomic E-state index is 0.00926. The highest BCUT2D eigenvalue weighted by Gasteiger charge is 2.23. The molecule has 0 aromatic carbocycles. The van der Waals surface area contributed by atoms with Crippen molar-refractivity contribution in [2.24, 2.45) is 0 Å². The number of aliphatic carboxylic acids is 1. The maximum atomic E-state index is 11.4. The van der Waals surface area contributed by atoms with Crippen LogP contribution in [0.1, 0.15) is 32.1 Å². The van der Waals surface area contributed by atoms with Gasteiger partial charge in [-0.05, 0) is 12.8 Å². The van der Waals surface area contributed by atoms with Crippen LogP contribution in [0.25, 0.3) is 0 Å². The lowest BCUT2D eigenvalue weighted by molar-refractivity contribution is -0.137. The van der Waals surface area contributed by atoms with Gasteiger partial charge in [-0.15, -0.1) is 0 Å². The van der Waals surface area contributed by atoms with Crippen molar-refractivity contribution in [1.29, 1.82) is 0 Å². The third kappa shape index (κ3) is 6.39. The lowest BCUT2D eigenvalue weighted by Crippen LogP contribution is -2.45. The van der Waals surface area contributed by atoms with Gasteiger partial charge >= 0.3 is 12.0 Å². The monoisotopic (exact) mass is 271 g/mol.